The summed E-state index contributed by atoms with van der Waals surface area (Å²) in [5, 5.41) is 6.56. The average molecular weight is 457 g/mol. The summed E-state index contributed by atoms with van der Waals surface area (Å²) in [6.07, 6.45) is 4.47. The van der Waals surface area contributed by atoms with Gasteiger partial charge in [0.2, 0.25) is 0 Å². The van der Waals surface area contributed by atoms with E-state index < -0.39 is 0 Å². The van der Waals surface area contributed by atoms with E-state index in [2.05, 4.69) is 22.8 Å². The minimum Gasteiger partial charge on any atom is -0.332 e. The molecule has 31 heavy (non-hydrogen) atoms. The summed E-state index contributed by atoms with van der Waals surface area (Å²) in [6.45, 7) is 8.22. The van der Waals surface area contributed by atoms with Crippen LogP contribution in [0.25, 0.3) is 10.2 Å². The Balaban J connectivity index is 1.40. The SMILES string of the molecule is CCN1CCC(N(C(=O)c2cc3c(C)nn(Cc4ccc(Cl)cc4)c3s2)C2CC2)CC1. The van der Waals surface area contributed by atoms with E-state index in [1.165, 1.54) is 0 Å². The molecule has 3 aromatic rings. The zero-order chi connectivity index (χ0) is 21.5. The van der Waals surface area contributed by atoms with E-state index in [1.807, 2.05) is 35.9 Å². The molecule has 1 aromatic carbocycles. The van der Waals surface area contributed by atoms with Gasteiger partial charge in [-0.05, 0) is 62.9 Å². The molecule has 1 aliphatic heterocycles. The highest BCUT2D eigenvalue weighted by atomic mass is 35.5. The van der Waals surface area contributed by atoms with Crippen LogP contribution in [0.4, 0.5) is 0 Å². The number of benzene rings is 1. The fourth-order valence-electron chi connectivity index (χ4n) is 4.71. The summed E-state index contributed by atoms with van der Waals surface area (Å²) in [5.74, 6) is 0.219. The molecule has 2 aromatic heterocycles. The predicted molar refractivity (Wildman–Crippen MR) is 127 cm³/mol. The van der Waals surface area contributed by atoms with Crippen molar-refractivity contribution in [3.05, 3.63) is 51.5 Å². The molecule has 0 radical (unpaired) electrons. The van der Waals surface area contributed by atoms with E-state index in [9.17, 15) is 4.79 Å². The third-order valence-corrected chi connectivity index (χ3v) is 8.02. The second-order valence-corrected chi connectivity index (χ2v) is 10.3. The first-order valence-electron chi connectivity index (χ1n) is 11.3. The van der Waals surface area contributed by atoms with Gasteiger partial charge in [0, 0.05) is 35.6 Å². The maximum absolute atomic E-state index is 13.6. The first-order valence-corrected chi connectivity index (χ1v) is 12.5. The summed E-state index contributed by atoms with van der Waals surface area (Å²) in [6, 6.07) is 10.8. The molecule has 2 fully saturated rings. The van der Waals surface area contributed by atoms with Crippen molar-refractivity contribution in [1.82, 2.24) is 19.6 Å². The molecule has 0 atom stereocenters. The molecule has 5 nitrogen and oxygen atoms in total. The van der Waals surface area contributed by atoms with E-state index in [1.54, 1.807) is 11.3 Å². The number of piperidine rings is 1. The van der Waals surface area contributed by atoms with Crippen LogP contribution < -0.4 is 0 Å². The van der Waals surface area contributed by atoms with Crippen LogP contribution in [0.5, 0.6) is 0 Å². The molecule has 1 saturated heterocycles. The molecular weight excluding hydrogens is 428 g/mol. The average Bonchev–Trinajstić information content (AvgIpc) is 3.43. The van der Waals surface area contributed by atoms with Crippen molar-refractivity contribution in [2.45, 2.75) is 58.2 Å². The lowest BCUT2D eigenvalue weighted by Gasteiger charge is -2.38. The van der Waals surface area contributed by atoms with E-state index in [0.717, 1.165) is 76.7 Å². The number of hydrogen-bond donors (Lipinski definition) is 0. The number of amides is 1. The van der Waals surface area contributed by atoms with Crippen molar-refractivity contribution in [2.24, 2.45) is 0 Å². The Morgan fingerprint density at radius 3 is 2.48 bits per heavy atom. The Morgan fingerprint density at radius 1 is 1.16 bits per heavy atom. The number of halogens is 1. The number of nitrogens with zero attached hydrogens (tertiary/aromatic N) is 4. The molecule has 0 bridgehead atoms. The highest BCUT2D eigenvalue weighted by Crippen LogP contribution is 2.36. The number of carbonyl (C=O) groups excluding carboxylic acids is 1. The first kappa shape index (κ1) is 21.0. The minimum atomic E-state index is 0.219. The van der Waals surface area contributed by atoms with E-state index in [4.69, 9.17) is 16.7 Å². The molecule has 1 saturated carbocycles. The summed E-state index contributed by atoms with van der Waals surface area (Å²) in [7, 11) is 0. The lowest BCUT2D eigenvalue weighted by Crippen LogP contribution is -2.48. The van der Waals surface area contributed by atoms with E-state index >= 15 is 0 Å². The van der Waals surface area contributed by atoms with Gasteiger partial charge in [-0.1, -0.05) is 30.7 Å². The van der Waals surface area contributed by atoms with Gasteiger partial charge in [-0.15, -0.1) is 11.3 Å². The number of rotatable bonds is 6. The van der Waals surface area contributed by atoms with Crippen molar-refractivity contribution in [2.75, 3.05) is 19.6 Å². The summed E-state index contributed by atoms with van der Waals surface area (Å²) >= 11 is 7.62. The third kappa shape index (κ3) is 4.26. The van der Waals surface area contributed by atoms with Crippen LogP contribution in [-0.4, -0.2) is 57.2 Å². The molecule has 0 N–H and O–H groups in total. The van der Waals surface area contributed by atoms with Gasteiger partial charge in [0.25, 0.3) is 5.91 Å². The maximum Gasteiger partial charge on any atom is 0.264 e. The predicted octanol–water partition coefficient (Wildman–Crippen LogP) is 5.20. The first-order chi connectivity index (χ1) is 15.0. The van der Waals surface area contributed by atoms with Crippen LogP contribution >= 0.6 is 22.9 Å². The Bertz CT molecular complexity index is 1080. The topological polar surface area (TPSA) is 41.4 Å². The molecule has 0 spiro atoms. The normalized spacial score (nSPS) is 18.0. The Kier molecular flexibility index (Phi) is 5.80. The summed E-state index contributed by atoms with van der Waals surface area (Å²) < 4.78 is 2.02. The number of hydrogen-bond acceptors (Lipinski definition) is 4. The number of carbonyl (C=O) groups is 1. The van der Waals surface area contributed by atoms with Gasteiger partial charge in [-0.25, -0.2) is 0 Å². The van der Waals surface area contributed by atoms with Gasteiger partial charge < -0.3 is 9.80 Å². The van der Waals surface area contributed by atoms with Gasteiger partial charge in [0.1, 0.15) is 4.83 Å². The van der Waals surface area contributed by atoms with Crippen LogP contribution in [0.1, 0.15) is 53.5 Å². The second-order valence-electron chi connectivity index (χ2n) is 8.81. The quantitative estimate of drug-likeness (QED) is 0.512. The number of thiophene rings is 1. The fourth-order valence-corrected chi connectivity index (χ4v) is 5.94. The molecule has 3 heterocycles. The van der Waals surface area contributed by atoms with Crippen LogP contribution in [0.15, 0.2) is 30.3 Å². The molecule has 2 aliphatic rings. The monoisotopic (exact) mass is 456 g/mol. The zero-order valence-corrected chi connectivity index (χ0v) is 19.8. The minimum absolute atomic E-state index is 0.219. The molecular formula is C24H29ClN4OS. The molecule has 5 rings (SSSR count). The lowest BCUT2D eigenvalue weighted by atomic mass is 10.0. The van der Waals surface area contributed by atoms with Gasteiger partial charge >= 0.3 is 0 Å². The highest BCUT2D eigenvalue weighted by molar-refractivity contribution is 7.20. The van der Waals surface area contributed by atoms with Crippen molar-refractivity contribution < 1.29 is 4.79 Å². The Labute approximate surface area is 192 Å². The molecule has 1 aliphatic carbocycles. The van der Waals surface area contributed by atoms with Gasteiger partial charge in [-0.2, -0.15) is 5.10 Å². The van der Waals surface area contributed by atoms with Gasteiger partial charge in [0.15, 0.2) is 0 Å². The van der Waals surface area contributed by atoms with Crippen LogP contribution in [0, 0.1) is 6.92 Å². The maximum atomic E-state index is 13.6. The summed E-state index contributed by atoms with van der Waals surface area (Å²) in [4.78, 5) is 20.3. The van der Waals surface area contributed by atoms with Crippen LogP contribution in [0.2, 0.25) is 5.02 Å². The number of likely N-dealkylation sites (tertiary alicyclic amines) is 1. The third-order valence-electron chi connectivity index (χ3n) is 6.64. The second kappa shape index (κ2) is 8.57. The Morgan fingerprint density at radius 2 is 1.84 bits per heavy atom. The Hall–Kier alpha value is -1.89. The number of aryl methyl sites for hydroxylation is 1. The number of aromatic nitrogens is 2. The van der Waals surface area contributed by atoms with Crippen LogP contribution in [0.3, 0.4) is 0 Å². The zero-order valence-electron chi connectivity index (χ0n) is 18.2. The van der Waals surface area contributed by atoms with Crippen LogP contribution in [-0.2, 0) is 6.54 Å². The van der Waals surface area contributed by atoms with Gasteiger partial charge in [0.05, 0.1) is 17.1 Å². The highest BCUT2D eigenvalue weighted by Gasteiger charge is 2.39. The van der Waals surface area contributed by atoms with Crippen molar-refractivity contribution in [1.29, 1.82) is 0 Å². The smallest absolute Gasteiger partial charge is 0.264 e. The molecule has 7 heteroatoms. The van der Waals surface area contributed by atoms with Gasteiger partial charge in [-0.3, -0.25) is 9.48 Å². The summed E-state index contributed by atoms with van der Waals surface area (Å²) in [5.41, 5.74) is 2.13. The lowest BCUT2D eigenvalue weighted by molar-refractivity contribution is 0.0559. The van der Waals surface area contributed by atoms with Crippen molar-refractivity contribution in [3.63, 3.8) is 0 Å². The molecule has 164 valence electrons. The molecule has 1 amide bonds. The largest absolute Gasteiger partial charge is 0.332 e. The standard InChI is InChI=1S/C24H29ClN4OS/c1-3-27-12-10-20(11-13-27)29(19-8-9-19)23(30)22-14-21-16(2)26-28(24(21)31-22)15-17-4-6-18(25)7-5-17/h4-7,14,19-20H,3,8-13,15H2,1-2H3. The van der Waals surface area contributed by atoms with Crippen molar-refractivity contribution >= 4 is 39.1 Å². The number of fused-ring (bicyclic) bond motifs is 1. The van der Waals surface area contributed by atoms with Crippen molar-refractivity contribution in [3.8, 4) is 0 Å². The molecule has 0 unspecified atom stereocenters. The van der Waals surface area contributed by atoms with E-state index in [0.29, 0.717) is 18.6 Å². The fraction of sp³-hybridized carbons (Fsp3) is 0.500. The van der Waals surface area contributed by atoms with E-state index in [-0.39, 0.29) is 5.91 Å².